The average molecular weight is 220 g/mol. The third kappa shape index (κ3) is 2.42. The van der Waals surface area contributed by atoms with Gasteiger partial charge in [0, 0.05) is 10.8 Å². The van der Waals surface area contributed by atoms with Crippen LogP contribution in [0.2, 0.25) is 0 Å². The van der Waals surface area contributed by atoms with Crippen molar-refractivity contribution in [1.29, 1.82) is 0 Å². The van der Waals surface area contributed by atoms with Gasteiger partial charge in [-0.15, -0.1) is 0 Å². The lowest BCUT2D eigenvalue weighted by Gasteiger charge is -2.02. The van der Waals surface area contributed by atoms with E-state index in [1.165, 1.54) is 0 Å². The van der Waals surface area contributed by atoms with Crippen molar-refractivity contribution < 1.29 is 14.3 Å². The minimum absolute atomic E-state index is 0.855. The van der Waals surface area contributed by atoms with Crippen molar-refractivity contribution in [3.63, 3.8) is 0 Å². The highest BCUT2D eigenvalue weighted by atomic mass is 16.6. The van der Waals surface area contributed by atoms with Gasteiger partial charge < -0.3 is 4.74 Å². The zero-order valence-electron chi connectivity index (χ0n) is 10.2. The first-order chi connectivity index (χ1) is 7.85. The van der Waals surface area contributed by atoms with E-state index in [4.69, 9.17) is 9.57 Å². The lowest BCUT2D eigenvalue weighted by molar-refractivity contribution is -0.884. The van der Waals surface area contributed by atoms with E-state index in [0.29, 0.717) is 0 Å². The van der Waals surface area contributed by atoms with Crippen LogP contribution in [-0.4, -0.2) is 14.2 Å². The molecule has 0 amide bonds. The molecule has 0 unspecified atom stereocenters. The summed E-state index contributed by atoms with van der Waals surface area (Å²) in [4.78, 5) is 5.08. The Bertz CT molecular complexity index is 455. The molecule has 0 fully saturated rings. The number of rotatable bonds is 2. The Morgan fingerprint density at radius 2 is 1.81 bits per heavy atom. The first-order valence-corrected chi connectivity index (χ1v) is 5.37. The second kappa shape index (κ2) is 5.95. The fourth-order valence-electron chi connectivity index (χ4n) is 1.46. The molecule has 0 atom stereocenters. The molecule has 3 nitrogen and oxygen atoms in total. The molecule has 1 aromatic heterocycles. The van der Waals surface area contributed by atoms with Gasteiger partial charge in [-0.05, 0) is 11.5 Å². The van der Waals surface area contributed by atoms with E-state index < -0.39 is 0 Å². The van der Waals surface area contributed by atoms with E-state index in [1.54, 1.807) is 19.0 Å². The van der Waals surface area contributed by atoms with Gasteiger partial charge in [-0.25, -0.2) is 0 Å². The zero-order valence-corrected chi connectivity index (χ0v) is 10.2. The van der Waals surface area contributed by atoms with E-state index in [2.05, 4.69) is 0 Å². The Balaban J connectivity index is 0.000000606. The number of methoxy groups -OCH3 is 1. The molecule has 0 aliphatic rings. The van der Waals surface area contributed by atoms with E-state index in [9.17, 15) is 0 Å². The quantitative estimate of drug-likeness (QED) is 0.724. The van der Waals surface area contributed by atoms with Crippen molar-refractivity contribution in [2.75, 3.05) is 14.2 Å². The second-order valence-electron chi connectivity index (χ2n) is 2.95. The summed E-state index contributed by atoms with van der Waals surface area (Å²) in [6, 6.07) is 7.93. The summed E-state index contributed by atoms with van der Waals surface area (Å²) in [7, 11) is 3.29. The van der Waals surface area contributed by atoms with Crippen LogP contribution in [0.25, 0.3) is 10.8 Å². The maximum atomic E-state index is 5.26. The molecule has 2 aromatic rings. The summed E-state index contributed by atoms with van der Waals surface area (Å²) in [6.45, 7) is 4.00. The van der Waals surface area contributed by atoms with Crippen molar-refractivity contribution in [3.05, 3.63) is 36.7 Å². The van der Waals surface area contributed by atoms with Gasteiger partial charge >= 0.3 is 0 Å². The summed E-state index contributed by atoms with van der Waals surface area (Å²) in [5.74, 6) is 0.855. The number of benzene rings is 1. The number of aromatic nitrogens is 1. The van der Waals surface area contributed by atoms with Crippen molar-refractivity contribution in [2.45, 2.75) is 13.8 Å². The lowest BCUT2D eigenvalue weighted by Crippen LogP contribution is -2.39. The number of ether oxygens (including phenoxy) is 1. The minimum atomic E-state index is 0.855. The minimum Gasteiger partial charge on any atom is -0.496 e. The zero-order chi connectivity index (χ0) is 12.0. The molecule has 0 spiro atoms. The summed E-state index contributed by atoms with van der Waals surface area (Å²) in [6.07, 6.45) is 3.76. The molecule has 0 aliphatic carbocycles. The molecular weight excluding hydrogens is 202 g/mol. The van der Waals surface area contributed by atoms with Crippen molar-refractivity contribution in [1.82, 2.24) is 0 Å². The summed E-state index contributed by atoms with van der Waals surface area (Å²) < 4.78 is 6.90. The monoisotopic (exact) mass is 220 g/mol. The van der Waals surface area contributed by atoms with Crippen LogP contribution in [0.1, 0.15) is 13.8 Å². The molecule has 3 heteroatoms. The fourth-order valence-corrected chi connectivity index (χ4v) is 1.46. The maximum Gasteiger partial charge on any atom is 0.234 e. The molecule has 0 radical (unpaired) electrons. The smallest absolute Gasteiger partial charge is 0.234 e. The van der Waals surface area contributed by atoms with Gasteiger partial charge in [0.1, 0.15) is 12.9 Å². The summed E-state index contributed by atoms with van der Waals surface area (Å²) in [5, 5.41) is 2.18. The van der Waals surface area contributed by atoms with Crippen LogP contribution < -0.4 is 14.3 Å². The van der Waals surface area contributed by atoms with Gasteiger partial charge in [-0.3, -0.25) is 4.84 Å². The Morgan fingerprint density at radius 3 is 2.44 bits per heavy atom. The first-order valence-electron chi connectivity index (χ1n) is 5.37. The van der Waals surface area contributed by atoms with Crippen LogP contribution in [-0.2, 0) is 0 Å². The van der Waals surface area contributed by atoms with Gasteiger partial charge in [0.15, 0.2) is 0 Å². The number of hydrogen-bond acceptors (Lipinski definition) is 2. The van der Waals surface area contributed by atoms with Crippen molar-refractivity contribution in [2.24, 2.45) is 0 Å². The van der Waals surface area contributed by atoms with Gasteiger partial charge in [0.2, 0.25) is 12.4 Å². The number of pyridine rings is 1. The van der Waals surface area contributed by atoms with Gasteiger partial charge in [-0.1, -0.05) is 26.0 Å². The van der Waals surface area contributed by atoms with Crippen LogP contribution in [0.15, 0.2) is 36.7 Å². The van der Waals surface area contributed by atoms with Crippen molar-refractivity contribution >= 4 is 10.8 Å². The molecule has 0 saturated heterocycles. The summed E-state index contributed by atoms with van der Waals surface area (Å²) >= 11 is 0. The maximum absolute atomic E-state index is 5.26. The first kappa shape index (κ1) is 12.3. The van der Waals surface area contributed by atoms with Gasteiger partial charge in [-0.2, -0.15) is 0 Å². The lowest BCUT2D eigenvalue weighted by atomic mass is 10.1. The molecular formula is C13H18NO2+. The molecule has 2 rings (SSSR count). The normalized spacial score (nSPS) is 9.25. The average Bonchev–Trinajstić information content (AvgIpc) is 2.39. The largest absolute Gasteiger partial charge is 0.496 e. The molecule has 0 aliphatic heterocycles. The predicted octanol–water partition coefficient (Wildman–Crippen LogP) is 2.22. The molecule has 1 aromatic carbocycles. The Morgan fingerprint density at radius 1 is 1.06 bits per heavy atom. The van der Waals surface area contributed by atoms with E-state index in [-0.39, 0.29) is 0 Å². The SMILES string of the molecule is CC.COc1cccc2cc[n+](OC)cc12. The molecule has 16 heavy (non-hydrogen) atoms. The Kier molecular flexibility index (Phi) is 4.58. The fraction of sp³-hybridized carbons (Fsp3) is 0.308. The molecule has 0 N–H and O–H groups in total. The molecule has 1 heterocycles. The Hall–Kier alpha value is -1.77. The van der Waals surface area contributed by atoms with Crippen molar-refractivity contribution in [3.8, 4) is 5.75 Å². The van der Waals surface area contributed by atoms with Crippen LogP contribution >= 0.6 is 0 Å². The number of nitrogens with zero attached hydrogens (tertiary/aromatic N) is 1. The Labute approximate surface area is 96.2 Å². The third-order valence-electron chi connectivity index (χ3n) is 2.19. The number of hydrogen-bond donors (Lipinski definition) is 0. The van der Waals surface area contributed by atoms with Crippen LogP contribution in [0.4, 0.5) is 0 Å². The van der Waals surface area contributed by atoms with Gasteiger partial charge in [0.25, 0.3) is 0 Å². The van der Waals surface area contributed by atoms with Gasteiger partial charge in [0.05, 0.1) is 12.5 Å². The second-order valence-corrected chi connectivity index (χ2v) is 2.95. The number of fused-ring (bicyclic) bond motifs is 1. The summed E-state index contributed by atoms with van der Waals surface area (Å²) in [5.41, 5.74) is 0. The van der Waals surface area contributed by atoms with Crippen LogP contribution in [0, 0.1) is 0 Å². The topological polar surface area (TPSA) is 22.3 Å². The molecule has 0 saturated carbocycles. The third-order valence-corrected chi connectivity index (χ3v) is 2.19. The highest BCUT2D eigenvalue weighted by molar-refractivity contribution is 5.86. The van der Waals surface area contributed by atoms with Crippen LogP contribution in [0.3, 0.4) is 0 Å². The molecule has 0 bridgehead atoms. The standard InChI is InChI=1S/C11H12NO2.C2H6/c1-13-11-5-3-4-9-6-7-12(14-2)8-10(9)11;1-2/h3-8H,1-2H3;1-2H3/q+1;. The predicted molar refractivity (Wildman–Crippen MR) is 64.5 cm³/mol. The van der Waals surface area contributed by atoms with E-state index >= 15 is 0 Å². The highest BCUT2D eigenvalue weighted by Crippen LogP contribution is 2.22. The van der Waals surface area contributed by atoms with Crippen LogP contribution in [0.5, 0.6) is 5.75 Å². The highest BCUT2D eigenvalue weighted by Gasteiger charge is 2.06. The van der Waals surface area contributed by atoms with E-state index in [1.807, 2.05) is 50.5 Å². The molecule has 86 valence electrons. The van der Waals surface area contributed by atoms with E-state index in [0.717, 1.165) is 16.5 Å².